The van der Waals surface area contributed by atoms with Crippen LogP contribution in [-0.2, 0) is 4.79 Å². The topological polar surface area (TPSA) is 39.2 Å². The molecule has 3 rings (SSSR count). The second-order valence-electron chi connectivity index (χ2n) is 9.46. The van der Waals surface area contributed by atoms with Gasteiger partial charge in [-0.15, -0.1) is 0 Å². The Bertz CT molecular complexity index is 665. The van der Waals surface area contributed by atoms with Gasteiger partial charge in [-0.2, -0.15) is 4.39 Å². The molecule has 30 heavy (non-hydrogen) atoms. The maximum absolute atomic E-state index is 13.2. The highest BCUT2D eigenvalue weighted by molar-refractivity contribution is 5.75. The fraction of sp³-hybridized carbons (Fsp3) is 0.760. The van der Waals surface area contributed by atoms with Gasteiger partial charge in [0.15, 0.2) is 11.6 Å². The molecule has 168 valence electrons. The second kappa shape index (κ2) is 11.8. The molecule has 2 aliphatic rings. The zero-order chi connectivity index (χ0) is 21.3. The molecule has 0 bridgehead atoms. The van der Waals surface area contributed by atoms with E-state index in [0.29, 0.717) is 0 Å². The number of hydrogen-bond donors (Lipinski definition) is 0. The van der Waals surface area contributed by atoms with Gasteiger partial charge in [0.05, 0.1) is 12.1 Å². The van der Waals surface area contributed by atoms with E-state index >= 15 is 0 Å². The van der Waals surface area contributed by atoms with Crippen molar-refractivity contribution in [3.8, 4) is 5.75 Å². The van der Waals surface area contributed by atoms with Crippen molar-refractivity contribution in [3.63, 3.8) is 0 Å². The molecule has 0 unspecified atom stereocenters. The summed E-state index contributed by atoms with van der Waals surface area (Å²) < 4.78 is 31.4. The Labute approximate surface area is 180 Å². The fourth-order valence-electron chi connectivity index (χ4n) is 5.47. The first-order valence-electron chi connectivity index (χ1n) is 12.1. The van der Waals surface area contributed by atoms with Crippen molar-refractivity contribution < 1.29 is 18.3 Å². The van der Waals surface area contributed by atoms with E-state index in [1.54, 1.807) is 0 Å². The molecule has 2 aliphatic carbocycles. The summed E-state index contributed by atoms with van der Waals surface area (Å²) in [6.45, 7) is 2.27. The van der Waals surface area contributed by atoms with E-state index in [1.165, 1.54) is 64.2 Å². The standard InChI is InChI=1S/C25H37F2NO2/c1-2-3-4-5-6-7-18-8-10-19(11-9-18)20-12-14-21(15-13-20)25(29)30-22-16-23(26)24(27)28-17-22/h16-21H,2-15H2,1H3. The monoisotopic (exact) mass is 421 g/mol. The van der Waals surface area contributed by atoms with Crippen molar-refractivity contribution in [1.29, 1.82) is 0 Å². The molecule has 0 aromatic carbocycles. The minimum Gasteiger partial charge on any atom is -0.425 e. The third-order valence-electron chi connectivity index (χ3n) is 7.37. The number of nitrogens with zero attached hydrogens (tertiary/aromatic N) is 1. The van der Waals surface area contributed by atoms with Gasteiger partial charge in [0.1, 0.15) is 0 Å². The smallest absolute Gasteiger partial charge is 0.314 e. The molecule has 2 fully saturated rings. The Kier molecular flexibility index (Phi) is 9.07. The van der Waals surface area contributed by atoms with Gasteiger partial charge in [-0.25, -0.2) is 9.37 Å². The summed E-state index contributed by atoms with van der Waals surface area (Å²) in [4.78, 5) is 15.7. The van der Waals surface area contributed by atoms with Crippen LogP contribution in [0.2, 0.25) is 0 Å². The number of ether oxygens (including phenoxy) is 1. The molecule has 0 atom stereocenters. The van der Waals surface area contributed by atoms with Crippen LogP contribution in [0, 0.1) is 35.4 Å². The van der Waals surface area contributed by atoms with Gasteiger partial charge in [-0.3, -0.25) is 4.79 Å². The minimum absolute atomic E-state index is 0.0194. The Morgan fingerprint density at radius 3 is 2.23 bits per heavy atom. The van der Waals surface area contributed by atoms with Crippen molar-refractivity contribution in [2.45, 2.75) is 96.8 Å². The predicted molar refractivity (Wildman–Crippen MR) is 114 cm³/mol. The minimum atomic E-state index is -1.18. The first-order chi connectivity index (χ1) is 14.6. The van der Waals surface area contributed by atoms with Crippen LogP contribution < -0.4 is 4.74 Å². The summed E-state index contributed by atoms with van der Waals surface area (Å²) in [6, 6.07) is 0.883. The van der Waals surface area contributed by atoms with Crippen LogP contribution >= 0.6 is 0 Å². The van der Waals surface area contributed by atoms with Gasteiger partial charge in [0.2, 0.25) is 5.95 Å². The van der Waals surface area contributed by atoms with E-state index in [4.69, 9.17) is 4.74 Å². The zero-order valence-electron chi connectivity index (χ0n) is 18.4. The largest absolute Gasteiger partial charge is 0.425 e. The molecule has 5 heteroatoms. The summed E-state index contributed by atoms with van der Waals surface area (Å²) in [5, 5.41) is 0. The van der Waals surface area contributed by atoms with Crippen LogP contribution in [0.3, 0.4) is 0 Å². The lowest BCUT2D eigenvalue weighted by atomic mass is 9.68. The zero-order valence-corrected chi connectivity index (χ0v) is 18.4. The normalized spacial score (nSPS) is 27.0. The molecule has 0 aliphatic heterocycles. The van der Waals surface area contributed by atoms with Crippen LogP contribution in [0.15, 0.2) is 12.3 Å². The van der Waals surface area contributed by atoms with Crippen molar-refractivity contribution in [3.05, 3.63) is 24.0 Å². The van der Waals surface area contributed by atoms with Crippen molar-refractivity contribution >= 4 is 5.97 Å². The number of hydrogen-bond acceptors (Lipinski definition) is 3. The summed E-state index contributed by atoms with van der Waals surface area (Å²) >= 11 is 0. The Balaban J connectivity index is 1.34. The number of esters is 1. The molecular weight excluding hydrogens is 384 g/mol. The van der Waals surface area contributed by atoms with Crippen molar-refractivity contribution in [2.24, 2.45) is 23.7 Å². The second-order valence-corrected chi connectivity index (χ2v) is 9.46. The van der Waals surface area contributed by atoms with E-state index in [2.05, 4.69) is 11.9 Å². The summed E-state index contributed by atoms with van der Waals surface area (Å²) in [6.07, 6.45) is 18.6. The van der Waals surface area contributed by atoms with E-state index in [-0.39, 0.29) is 17.6 Å². The maximum atomic E-state index is 13.2. The lowest BCUT2D eigenvalue weighted by Crippen LogP contribution is -2.30. The number of unbranched alkanes of at least 4 members (excludes halogenated alkanes) is 4. The maximum Gasteiger partial charge on any atom is 0.314 e. The third kappa shape index (κ3) is 6.75. The van der Waals surface area contributed by atoms with Gasteiger partial charge < -0.3 is 4.74 Å². The molecule has 0 spiro atoms. The van der Waals surface area contributed by atoms with Crippen LogP contribution in [-0.4, -0.2) is 11.0 Å². The number of halogens is 2. The van der Waals surface area contributed by atoms with Crippen LogP contribution in [0.4, 0.5) is 8.78 Å². The van der Waals surface area contributed by atoms with Crippen molar-refractivity contribution in [2.75, 3.05) is 0 Å². The molecule has 0 amide bonds. The number of rotatable bonds is 9. The average Bonchev–Trinajstić information content (AvgIpc) is 2.77. The van der Waals surface area contributed by atoms with Gasteiger partial charge >= 0.3 is 5.97 Å². The number of carbonyl (C=O) groups excluding carboxylic acids is 1. The van der Waals surface area contributed by atoms with E-state index in [1.807, 2.05) is 0 Å². The molecule has 2 saturated carbocycles. The van der Waals surface area contributed by atoms with Gasteiger partial charge in [-0.1, -0.05) is 58.3 Å². The van der Waals surface area contributed by atoms with E-state index < -0.39 is 11.8 Å². The Morgan fingerprint density at radius 1 is 0.967 bits per heavy atom. The third-order valence-corrected chi connectivity index (χ3v) is 7.37. The molecule has 0 N–H and O–H groups in total. The highest BCUT2D eigenvalue weighted by atomic mass is 19.2. The van der Waals surface area contributed by atoms with E-state index in [9.17, 15) is 13.6 Å². The van der Waals surface area contributed by atoms with Gasteiger partial charge in [0, 0.05) is 6.07 Å². The SMILES string of the molecule is CCCCCCCC1CCC(C2CCC(C(=O)Oc3cnc(F)c(F)c3)CC2)CC1. The predicted octanol–water partition coefficient (Wildman–Crippen LogP) is 7.24. The highest BCUT2D eigenvalue weighted by Gasteiger charge is 2.33. The molecule has 1 aromatic heterocycles. The summed E-state index contributed by atoms with van der Waals surface area (Å²) in [7, 11) is 0. The average molecular weight is 422 g/mol. The van der Waals surface area contributed by atoms with Crippen LogP contribution in [0.1, 0.15) is 96.8 Å². The van der Waals surface area contributed by atoms with Gasteiger partial charge in [0.25, 0.3) is 0 Å². The highest BCUT2D eigenvalue weighted by Crippen LogP contribution is 2.42. The quantitative estimate of drug-likeness (QED) is 0.240. The number of aromatic nitrogens is 1. The number of carbonyl (C=O) groups is 1. The van der Waals surface area contributed by atoms with E-state index in [0.717, 1.165) is 55.7 Å². The first-order valence-corrected chi connectivity index (χ1v) is 12.1. The Morgan fingerprint density at radius 2 is 1.60 bits per heavy atom. The molecule has 0 radical (unpaired) electrons. The summed E-state index contributed by atoms with van der Waals surface area (Å²) in [5.74, 6) is -0.310. The molecule has 0 saturated heterocycles. The molecule has 1 heterocycles. The summed E-state index contributed by atoms with van der Waals surface area (Å²) in [5.41, 5.74) is 0. The molecule has 1 aromatic rings. The fourth-order valence-corrected chi connectivity index (χ4v) is 5.47. The van der Waals surface area contributed by atoms with Gasteiger partial charge in [-0.05, 0) is 56.3 Å². The van der Waals surface area contributed by atoms with Crippen LogP contribution in [0.25, 0.3) is 0 Å². The van der Waals surface area contributed by atoms with Crippen LogP contribution in [0.5, 0.6) is 5.75 Å². The first kappa shape index (κ1) is 23.1. The lowest BCUT2D eigenvalue weighted by molar-refractivity contribution is -0.140. The lowest BCUT2D eigenvalue weighted by Gasteiger charge is -2.37. The van der Waals surface area contributed by atoms with Crippen molar-refractivity contribution in [1.82, 2.24) is 4.98 Å². The molecule has 3 nitrogen and oxygen atoms in total. The molecular formula is C25H37F2NO2. The number of pyridine rings is 1. The Hall–Kier alpha value is -1.52.